The molecule has 104 valence electrons. The quantitative estimate of drug-likeness (QED) is 0.924. The molecule has 1 N–H and O–H groups in total. The third-order valence-corrected chi connectivity index (χ3v) is 3.75. The first-order chi connectivity index (χ1) is 9.38. The van der Waals surface area contributed by atoms with Crippen LogP contribution in [-0.4, -0.2) is 30.5 Å². The van der Waals surface area contributed by atoms with E-state index in [2.05, 4.69) is 15.3 Å². The van der Waals surface area contributed by atoms with Crippen molar-refractivity contribution < 1.29 is 13.2 Å². The van der Waals surface area contributed by atoms with Crippen LogP contribution in [-0.2, 0) is 9.84 Å². The lowest BCUT2D eigenvalue weighted by molar-refractivity contribution is 0.102. The number of nitrogens with one attached hydrogen (secondary N) is 1. The lowest BCUT2D eigenvalue weighted by Gasteiger charge is -2.08. The third-order valence-electron chi connectivity index (χ3n) is 2.67. The largest absolute Gasteiger partial charge is 0.322 e. The van der Waals surface area contributed by atoms with Gasteiger partial charge in [-0.25, -0.2) is 8.42 Å². The molecule has 6 nitrogen and oxygen atoms in total. The molecule has 0 aliphatic rings. The second-order valence-electron chi connectivity index (χ2n) is 4.33. The van der Waals surface area contributed by atoms with E-state index in [0.717, 1.165) is 11.8 Å². The Labute approximate surface area is 116 Å². The van der Waals surface area contributed by atoms with Crippen molar-refractivity contribution in [3.8, 4) is 0 Å². The number of pyridine rings is 2. The normalized spacial score (nSPS) is 11.1. The lowest BCUT2D eigenvalue weighted by Crippen LogP contribution is -2.14. The Morgan fingerprint density at radius 3 is 2.60 bits per heavy atom. The van der Waals surface area contributed by atoms with Crippen LogP contribution in [0.4, 0.5) is 5.69 Å². The zero-order valence-electron chi connectivity index (χ0n) is 11.0. The number of carbonyl (C=O) groups is 1. The maximum atomic E-state index is 12.1. The summed E-state index contributed by atoms with van der Waals surface area (Å²) >= 11 is 0. The molecule has 7 heteroatoms. The fourth-order valence-electron chi connectivity index (χ4n) is 1.55. The number of aromatic nitrogens is 2. The third kappa shape index (κ3) is 3.18. The first-order valence-corrected chi connectivity index (χ1v) is 7.64. The van der Waals surface area contributed by atoms with Crippen LogP contribution >= 0.6 is 0 Å². The summed E-state index contributed by atoms with van der Waals surface area (Å²) in [5.74, 6) is -0.419. The topological polar surface area (TPSA) is 89.0 Å². The van der Waals surface area contributed by atoms with Crippen LogP contribution in [0.1, 0.15) is 15.9 Å². The highest BCUT2D eigenvalue weighted by Gasteiger charge is 2.13. The van der Waals surface area contributed by atoms with Gasteiger partial charge in [0, 0.05) is 36.7 Å². The highest BCUT2D eigenvalue weighted by atomic mass is 32.2. The van der Waals surface area contributed by atoms with Crippen LogP contribution in [0, 0.1) is 6.92 Å². The Balaban J connectivity index is 2.29. The summed E-state index contributed by atoms with van der Waals surface area (Å²) < 4.78 is 22.9. The van der Waals surface area contributed by atoms with Gasteiger partial charge in [-0.3, -0.25) is 14.8 Å². The predicted octanol–water partition coefficient (Wildman–Crippen LogP) is 1.44. The number of sulfone groups is 1. The van der Waals surface area contributed by atoms with Gasteiger partial charge in [-0.2, -0.15) is 0 Å². The predicted molar refractivity (Wildman–Crippen MR) is 74.3 cm³/mol. The minimum absolute atomic E-state index is 0.0107. The van der Waals surface area contributed by atoms with Crippen molar-refractivity contribution in [2.45, 2.75) is 11.8 Å². The molecule has 2 heterocycles. The van der Waals surface area contributed by atoms with Gasteiger partial charge >= 0.3 is 0 Å². The highest BCUT2D eigenvalue weighted by molar-refractivity contribution is 7.90. The molecule has 0 aliphatic heterocycles. The molecule has 0 unspecified atom stereocenters. The summed E-state index contributed by atoms with van der Waals surface area (Å²) in [4.78, 5) is 19.8. The number of aryl methyl sites for hydroxylation is 1. The molecule has 0 atom stereocenters. The van der Waals surface area contributed by atoms with Crippen LogP contribution in [0.25, 0.3) is 0 Å². The van der Waals surface area contributed by atoms with Gasteiger partial charge in [0.15, 0.2) is 9.84 Å². The highest BCUT2D eigenvalue weighted by Crippen LogP contribution is 2.15. The van der Waals surface area contributed by atoms with Gasteiger partial charge < -0.3 is 5.32 Å². The molecule has 0 spiro atoms. The molecule has 0 fully saturated rings. The summed E-state index contributed by atoms with van der Waals surface area (Å²) in [5, 5.41) is 2.69. The van der Waals surface area contributed by atoms with Crippen molar-refractivity contribution in [2.75, 3.05) is 11.6 Å². The first-order valence-electron chi connectivity index (χ1n) is 5.75. The Bertz CT molecular complexity index is 757. The van der Waals surface area contributed by atoms with E-state index >= 15 is 0 Å². The van der Waals surface area contributed by atoms with Crippen LogP contribution in [0.15, 0.2) is 41.8 Å². The Morgan fingerprint density at radius 1 is 1.20 bits per heavy atom. The van der Waals surface area contributed by atoms with Crippen LogP contribution < -0.4 is 5.32 Å². The van der Waals surface area contributed by atoms with Crippen LogP contribution in [0.3, 0.4) is 0 Å². The molecular formula is C13H13N3O3S. The number of nitrogens with zero attached hydrogens (tertiary/aromatic N) is 2. The Morgan fingerprint density at radius 2 is 1.95 bits per heavy atom. The maximum Gasteiger partial charge on any atom is 0.257 e. The van der Waals surface area contributed by atoms with Crippen molar-refractivity contribution in [1.82, 2.24) is 9.97 Å². The van der Waals surface area contributed by atoms with E-state index in [0.29, 0.717) is 5.69 Å². The molecule has 0 aromatic carbocycles. The zero-order valence-corrected chi connectivity index (χ0v) is 11.8. The number of hydrogen-bond acceptors (Lipinski definition) is 5. The molecule has 2 rings (SSSR count). The maximum absolute atomic E-state index is 12.1. The number of hydrogen-bond donors (Lipinski definition) is 1. The molecule has 2 aromatic heterocycles. The number of anilines is 1. The molecular weight excluding hydrogens is 278 g/mol. The van der Waals surface area contributed by atoms with E-state index in [1.807, 2.05) is 6.92 Å². The molecule has 0 radical (unpaired) electrons. The van der Waals surface area contributed by atoms with E-state index < -0.39 is 15.7 Å². The van der Waals surface area contributed by atoms with Gasteiger partial charge in [-0.1, -0.05) is 0 Å². The fourth-order valence-corrected chi connectivity index (χ4v) is 2.15. The molecule has 20 heavy (non-hydrogen) atoms. The van der Waals surface area contributed by atoms with Crippen molar-refractivity contribution in [3.63, 3.8) is 0 Å². The van der Waals surface area contributed by atoms with Gasteiger partial charge in [-0.15, -0.1) is 0 Å². The molecule has 2 aromatic rings. The second kappa shape index (κ2) is 5.38. The minimum Gasteiger partial charge on any atom is -0.322 e. The Hall–Kier alpha value is -2.28. The summed E-state index contributed by atoms with van der Waals surface area (Å²) in [6, 6.07) is 2.97. The van der Waals surface area contributed by atoms with Crippen molar-refractivity contribution in [2.24, 2.45) is 0 Å². The van der Waals surface area contributed by atoms with Crippen LogP contribution in [0.5, 0.6) is 0 Å². The van der Waals surface area contributed by atoms with Crippen molar-refractivity contribution in [3.05, 3.63) is 48.0 Å². The number of rotatable bonds is 3. The van der Waals surface area contributed by atoms with Gasteiger partial charge in [0.05, 0.1) is 10.5 Å². The van der Waals surface area contributed by atoms with Gasteiger partial charge in [-0.05, 0) is 24.6 Å². The molecule has 0 aliphatic carbocycles. The first kappa shape index (κ1) is 14.1. The lowest BCUT2D eigenvalue weighted by atomic mass is 10.2. The van der Waals surface area contributed by atoms with Gasteiger partial charge in [0.25, 0.3) is 5.91 Å². The van der Waals surface area contributed by atoms with Crippen molar-refractivity contribution >= 4 is 21.4 Å². The molecule has 1 amide bonds. The summed E-state index contributed by atoms with van der Waals surface area (Å²) in [6.07, 6.45) is 6.79. The summed E-state index contributed by atoms with van der Waals surface area (Å²) in [5.41, 5.74) is 1.62. The van der Waals surface area contributed by atoms with E-state index in [1.54, 1.807) is 18.5 Å². The van der Waals surface area contributed by atoms with Gasteiger partial charge in [0.2, 0.25) is 0 Å². The summed E-state index contributed by atoms with van der Waals surface area (Å²) in [7, 11) is -3.39. The Kier molecular flexibility index (Phi) is 3.80. The summed E-state index contributed by atoms with van der Waals surface area (Å²) in [6.45, 7) is 1.81. The monoisotopic (exact) mass is 291 g/mol. The van der Waals surface area contributed by atoms with E-state index in [9.17, 15) is 13.2 Å². The van der Waals surface area contributed by atoms with Crippen molar-refractivity contribution in [1.29, 1.82) is 0 Å². The fraction of sp³-hybridized carbons (Fsp3) is 0.154. The van der Waals surface area contributed by atoms with Crippen LogP contribution in [0.2, 0.25) is 0 Å². The molecule has 0 saturated heterocycles. The average Bonchev–Trinajstić information content (AvgIpc) is 2.40. The van der Waals surface area contributed by atoms with E-state index in [1.165, 1.54) is 18.5 Å². The average molecular weight is 291 g/mol. The standard InChI is InChI=1S/C13H13N3O3S/c1-9-6-14-4-3-12(9)16-13(17)10-5-11(8-15-7-10)20(2,18)19/h3-8H,1-2H3,(H,14,16,17). The number of carbonyl (C=O) groups excluding carboxylic acids is 1. The minimum atomic E-state index is -3.39. The van der Waals surface area contributed by atoms with E-state index in [4.69, 9.17) is 0 Å². The number of amides is 1. The van der Waals surface area contributed by atoms with E-state index in [-0.39, 0.29) is 10.5 Å². The molecule has 0 bridgehead atoms. The molecule has 0 saturated carbocycles. The van der Waals surface area contributed by atoms with Gasteiger partial charge in [0.1, 0.15) is 0 Å². The zero-order chi connectivity index (χ0) is 14.8. The second-order valence-corrected chi connectivity index (χ2v) is 6.34. The SMILES string of the molecule is Cc1cnccc1NC(=O)c1cncc(S(C)(=O)=O)c1. The smallest absolute Gasteiger partial charge is 0.257 e.